The van der Waals surface area contributed by atoms with E-state index in [-0.39, 0.29) is 46.7 Å². The van der Waals surface area contributed by atoms with E-state index in [1.54, 1.807) is 0 Å². The molecule has 0 radical (unpaired) electrons. The Morgan fingerprint density at radius 1 is 1.26 bits per heavy atom. The maximum Gasteiger partial charge on any atom is 0.416 e. The van der Waals surface area contributed by atoms with E-state index in [0.717, 1.165) is 49.1 Å². The van der Waals surface area contributed by atoms with Gasteiger partial charge >= 0.3 is 12.1 Å². The van der Waals surface area contributed by atoms with Crippen LogP contribution in [0.5, 0.6) is 17.2 Å². The second-order valence-electron chi connectivity index (χ2n) is 11.7. The number of fused-ring (bicyclic) bond motifs is 2. The Kier molecular flexibility index (Phi) is 9.89. The molecule has 0 atom stereocenters. The van der Waals surface area contributed by atoms with E-state index < -0.39 is 39.7 Å². The maximum absolute atomic E-state index is 14.5. The van der Waals surface area contributed by atoms with Crippen LogP contribution in [0.1, 0.15) is 35.6 Å². The van der Waals surface area contributed by atoms with Crippen molar-refractivity contribution in [3.63, 3.8) is 0 Å². The highest BCUT2D eigenvalue weighted by molar-refractivity contribution is 7.02. The minimum Gasteiger partial charge on any atom is -0.481 e. The van der Waals surface area contributed by atoms with Crippen molar-refractivity contribution in [3.05, 3.63) is 91.2 Å². The number of carboxylic acid groups (broad SMARTS) is 1. The number of nitro groups is 1. The maximum atomic E-state index is 14.5. The summed E-state index contributed by atoms with van der Waals surface area (Å²) in [4.78, 5) is 39.5. The normalized spacial score (nSPS) is 14.9. The van der Waals surface area contributed by atoms with Crippen LogP contribution < -0.4 is 19.2 Å². The van der Waals surface area contributed by atoms with Crippen LogP contribution in [-0.2, 0) is 23.9 Å². The van der Waals surface area contributed by atoms with Gasteiger partial charge in [-0.2, -0.15) is 17.5 Å². The molecule has 3 aromatic carbocycles. The number of nitro benzene ring substituents is 1. The van der Waals surface area contributed by atoms with Crippen molar-refractivity contribution in [2.75, 3.05) is 18.1 Å². The molecule has 1 aromatic heterocycles. The van der Waals surface area contributed by atoms with E-state index in [2.05, 4.69) is 29.1 Å². The number of aromatic carboxylic acids is 1. The average Bonchev–Trinajstić information content (AvgIpc) is 3.54. The molecule has 18 heteroatoms. The summed E-state index contributed by atoms with van der Waals surface area (Å²) < 4.78 is 69.2. The van der Waals surface area contributed by atoms with Crippen molar-refractivity contribution in [2.24, 2.45) is 10.4 Å². The minimum atomic E-state index is -4.58. The van der Waals surface area contributed by atoms with Gasteiger partial charge in [0.15, 0.2) is 12.4 Å². The van der Waals surface area contributed by atoms with Crippen molar-refractivity contribution >= 4 is 52.1 Å². The van der Waals surface area contributed by atoms with Crippen LogP contribution in [0, 0.1) is 33.7 Å². The Morgan fingerprint density at radius 3 is 2.64 bits per heavy atom. The summed E-state index contributed by atoms with van der Waals surface area (Å²) in [5, 5.41) is 19.4. The number of anilines is 1. The molecule has 1 N–H and O–H groups in total. The van der Waals surface area contributed by atoms with Gasteiger partial charge < -0.3 is 19.1 Å². The van der Waals surface area contributed by atoms with Gasteiger partial charge in [-0.25, -0.2) is 14.2 Å². The summed E-state index contributed by atoms with van der Waals surface area (Å²) >= 11 is 6.96. The first kappa shape index (κ1) is 35.8. The fourth-order valence-electron chi connectivity index (χ4n) is 5.04. The first-order chi connectivity index (χ1) is 23.5. The second-order valence-corrected chi connectivity index (χ2v) is 12.8. The highest BCUT2D eigenvalue weighted by Gasteiger charge is 2.32. The summed E-state index contributed by atoms with van der Waals surface area (Å²) in [5.74, 6) is 1.09. The number of carbonyl (C=O) groups excluding carboxylic acids is 1. The lowest BCUT2D eigenvalue weighted by Crippen LogP contribution is -2.39. The zero-order chi connectivity index (χ0) is 36.5. The Labute approximate surface area is 289 Å². The molecular weight excluding hydrogens is 710 g/mol. The lowest BCUT2D eigenvalue weighted by atomic mass is 9.92. The van der Waals surface area contributed by atoms with Crippen molar-refractivity contribution in [1.29, 1.82) is 0 Å². The van der Waals surface area contributed by atoms with Crippen LogP contribution in [-0.4, -0.2) is 44.0 Å². The Balaban J connectivity index is 0.000000195. The number of aromatic nitrogens is 2. The molecule has 0 aliphatic carbocycles. The summed E-state index contributed by atoms with van der Waals surface area (Å²) in [6.45, 7) is 5.05. The van der Waals surface area contributed by atoms with Gasteiger partial charge in [0.2, 0.25) is 4.80 Å². The van der Waals surface area contributed by atoms with E-state index in [9.17, 15) is 37.3 Å². The molecule has 0 bridgehead atoms. The number of hydrogen-bond donors (Lipinski definition) is 1. The van der Waals surface area contributed by atoms with Gasteiger partial charge in [0.05, 0.1) is 27.7 Å². The van der Waals surface area contributed by atoms with Crippen LogP contribution in [0.15, 0.2) is 53.5 Å². The highest BCUT2D eigenvalue weighted by atomic mass is 35.5. The SMILES string of the molecule is C#CCN1C(=O)COc2cc(F)c(/N=c3\snc4n3CC(C)(C)C4)cc21.O=C(O)c1cc(Oc2ccc(C(F)(F)F)cc2Cl)ccc1[N+](=O)[O-]. The zero-order valence-corrected chi connectivity index (χ0v) is 27.5. The van der Waals surface area contributed by atoms with E-state index in [4.69, 9.17) is 32.6 Å². The van der Waals surface area contributed by atoms with Crippen molar-refractivity contribution < 1.29 is 46.7 Å². The topological polar surface area (TPSA) is 149 Å². The number of alkyl halides is 3. The lowest BCUT2D eigenvalue weighted by Gasteiger charge is -2.28. The Morgan fingerprint density at radius 2 is 2.00 bits per heavy atom. The smallest absolute Gasteiger partial charge is 0.416 e. The van der Waals surface area contributed by atoms with Gasteiger partial charge in [-0.05, 0) is 35.7 Å². The van der Waals surface area contributed by atoms with Crippen LogP contribution in [0.3, 0.4) is 0 Å². The van der Waals surface area contributed by atoms with Gasteiger partial charge in [-0.3, -0.25) is 19.8 Å². The summed E-state index contributed by atoms with van der Waals surface area (Å²) in [5.41, 5.74) is -1.57. The molecule has 50 heavy (non-hydrogen) atoms. The van der Waals surface area contributed by atoms with E-state index in [1.807, 2.05) is 4.57 Å². The number of halogens is 5. The molecular formula is C32H24ClF4N5O7S. The largest absolute Gasteiger partial charge is 0.481 e. The van der Waals surface area contributed by atoms with E-state index in [1.165, 1.54) is 28.6 Å². The second kappa shape index (κ2) is 13.8. The third kappa shape index (κ3) is 7.71. The van der Waals surface area contributed by atoms with E-state index in [0.29, 0.717) is 22.3 Å². The number of amides is 1. The Bertz CT molecular complexity index is 2140. The summed E-state index contributed by atoms with van der Waals surface area (Å²) in [7, 11) is 0. The first-order valence-corrected chi connectivity index (χ1v) is 15.5. The average molecular weight is 734 g/mol. The van der Waals surface area contributed by atoms with Gasteiger partial charge in [-0.1, -0.05) is 31.4 Å². The van der Waals surface area contributed by atoms with Crippen LogP contribution >= 0.6 is 23.1 Å². The fraction of sp³-hybridized carbons (Fsp3) is 0.250. The zero-order valence-electron chi connectivity index (χ0n) is 26.0. The highest BCUT2D eigenvalue weighted by Crippen LogP contribution is 2.39. The van der Waals surface area contributed by atoms with Crippen molar-refractivity contribution in [2.45, 2.75) is 33.0 Å². The molecule has 2 aliphatic heterocycles. The Hall–Kier alpha value is -5.47. The first-order valence-electron chi connectivity index (χ1n) is 14.3. The third-order valence-electron chi connectivity index (χ3n) is 7.32. The molecule has 1 amide bonds. The summed E-state index contributed by atoms with van der Waals surface area (Å²) in [6.07, 6.45) is 1.64. The molecule has 0 saturated carbocycles. The number of nitrogens with zero attached hydrogens (tertiary/aromatic N) is 5. The van der Waals surface area contributed by atoms with E-state index >= 15 is 0 Å². The molecule has 2 aliphatic rings. The number of carboxylic acids is 1. The van der Waals surface area contributed by atoms with Gasteiger partial charge in [0.1, 0.15) is 34.3 Å². The molecule has 0 unspecified atom stereocenters. The van der Waals surface area contributed by atoms with Crippen LogP contribution in [0.25, 0.3) is 0 Å². The van der Waals surface area contributed by atoms with Crippen molar-refractivity contribution in [1.82, 2.24) is 8.94 Å². The monoisotopic (exact) mass is 733 g/mol. The summed E-state index contributed by atoms with van der Waals surface area (Å²) in [6, 6.07) is 8.02. The molecule has 0 fully saturated rings. The minimum absolute atomic E-state index is 0.0964. The fourth-order valence-corrected chi connectivity index (χ4v) is 6.02. The van der Waals surface area contributed by atoms with Crippen molar-refractivity contribution in [3.8, 4) is 29.6 Å². The van der Waals surface area contributed by atoms with Gasteiger partial charge in [-0.15, -0.1) is 6.42 Å². The number of carbonyl (C=O) groups is 2. The number of terminal acetylenes is 1. The predicted molar refractivity (Wildman–Crippen MR) is 172 cm³/mol. The standard InChI is InChI=1S/C18H17FN4O2S.C14H7ClF3NO5/c1-4-5-22-13-7-12(11(19)6-14(13)25-9-16(22)24)20-17-23-10-18(2,3)8-15(23)21-26-17;15-10-5-7(14(16,17)18)1-4-12(10)24-8-2-3-11(19(22)23)9(6-8)13(20)21/h1,6-7H,5,8-10H2,2-3H3;1-6H,(H,20,21)/b20-17-;. The third-order valence-corrected chi connectivity index (χ3v) is 8.39. The molecule has 0 spiro atoms. The predicted octanol–water partition coefficient (Wildman–Crippen LogP) is 7.01. The number of benzene rings is 3. The van der Waals surface area contributed by atoms with Gasteiger partial charge in [0.25, 0.3) is 11.6 Å². The molecule has 6 rings (SSSR count). The number of hydrogen-bond acceptors (Lipinski definition) is 9. The van der Waals surface area contributed by atoms with Crippen LogP contribution in [0.4, 0.5) is 34.6 Å². The molecule has 4 aromatic rings. The molecule has 260 valence electrons. The quantitative estimate of drug-likeness (QED) is 0.0963. The molecule has 3 heterocycles. The van der Waals surface area contributed by atoms with Crippen LogP contribution in [0.2, 0.25) is 5.02 Å². The number of rotatable bonds is 6. The number of ether oxygens (including phenoxy) is 2. The van der Waals surface area contributed by atoms with Gasteiger partial charge in [0, 0.05) is 42.7 Å². The molecule has 0 saturated heterocycles. The lowest BCUT2D eigenvalue weighted by molar-refractivity contribution is -0.385. The molecule has 12 nitrogen and oxygen atoms in total.